The molecule has 0 bridgehead atoms. The molecular formula is C21H12Cl2N2O3. The van der Waals surface area contributed by atoms with Crippen molar-refractivity contribution >= 4 is 68.1 Å². The van der Waals surface area contributed by atoms with E-state index < -0.39 is 0 Å². The van der Waals surface area contributed by atoms with E-state index >= 15 is 0 Å². The Balaban J connectivity index is 1.74. The first-order valence-corrected chi connectivity index (χ1v) is 9.19. The number of hydrogen-bond donors (Lipinski definition) is 1. The summed E-state index contributed by atoms with van der Waals surface area (Å²) < 4.78 is 11.4. The molecule has 0 spiro atoms. The van der Waals surface area contributed by atoms with E-state index in [1.165, 1.54) is 0 Å². The number of furan rings is 1. The third kappa shape index (κ3) is 2.55. The fourth-order valence-electron chi connectivity index (χ4n) is 3.41. The van der Waals surface area contributed by atoms with Gasteiger partial charge in [0, 0.05) is 27.4 Å². The van der Waals surface area contributed by atoms with Crippen LogP contribution in [-0.2, 0) is 4.79 Å². The van der Waals surface area contributed by atoms with Gasteiger partial charge in [-0.05, 0) is 24.3 Å². The Morgan fingerprint density at radius 1 is 1.04 bits per heavy atom. The largest absolute Gasteiger partial charge is 0.494 e. The van der Waals surface area contributed by atoms with E-state index in [2.05, 4.69) is 10.3 Å². The van der Waals surface area contributed by atoms with Crippen molar-refractivity contribution in [3.05, 3.63) is 64.1 Å². The molecule has 4 aromatic rings. The first-order chi connectivity index (χ1) is 13.5. The topological polar surface area (TPSA) is 63.8 Å². The molecule has 7 heteroatoms. The molecule has 3 aromatic carbocycles. The van der Waals surface area contributed by atoms with E-state index in [0.29, 0.717) is 38.3 Å². The lowest BCUT2D eigenvalue weighted by Gasteiger charge is -2.06. The maximum absolute atomic E-state index is 12.5. The second-order valence-corrected chi connectivity index (χ2v) is 7.19. The SMILES string of the molecule is COc1cc2c(cc1N=C1C(=O)Nc3c(Cl)cc(Cl)cc31)oc1ccccc12. The molecule has 0 saturated carbocycles. The Labute approximate surface area is 169 Å². The Kier molecular flexibility index (Phi) is 3.82. The number of halogens is 2. The molecular weight excluding hydrogens is 399 g/mol. The van der Waals surface area contributed by atoms with Crippen LogP contribution < -0.4 is 10.1 Å². The highest BCUT2D eigenvalue weighted by Gasteiger charge is 2.29. The third-order valence-electron chi connectivity index (χ3n) is 4.67. The molecule has 0 atom stereocenters. The summed E-state index contributed by atoms with van der Waals surface area (Å²) in [6.07, 6.45) is 0. The summed E-state index contributed by atoms with van der Waals surface area (Å²) in [6, 6.07) is 14.6. The van der Waals surface area contributed by atoms with Gasteiger partial charge in [-0.15, -0.1) is 0 Å². The van der Waals surface area contributed by atoms with Crippen molar-refractivity contribution in [1.82, 2.24) is 0 Å². The van der Waals surface area contributed by atoms with Crippen LogP contribution in [0.4, 0.5) is 11.4 Å². The van der Waals surface area contributed by atoms with Gasteiger partial charge in [-0.2, -0.15) is 0 Å². The molecule has 1 amide bonds. The Morgan fingerprint density at radius 2 is 1.86 bits per heavy atom. The second-order valence-electron chi connectivity index (χ2n) is 6.34. The molecule has 0 fully saturated rings. The first-order valence-electron chi connectivity index (χ1n) is 8.44. The molecule has 138 valence electrons. The minimum atomic E-state index is -0.356. The summed E-state index contributed by atoms with van der Waals surface area (Å²) in [5, 5.41) is 5.42. The van der Waals surface area contributed by atoms with E-state index in [1.54, 1.807) is 25.3 Å². The van der Waals surface area contributed by atoms with E-state index in [9.17, 15) is 4.79 Å². The fraction of sp³-hybridized carbons (Fsp3) is 0.0476. The van der Waals surface area contributed by atoms with Gasteiger partial charge in [0.25, 0.3) is 5.91 Å². The third-order valence-corrected chi connectivity index (χ3v) is 5.19. The van der Waals surface area contributed by atoms with Gasteiger partial charge in [0.2, 0.25) is 0 Å². The molecule has 0 radical (unpaired) electrons. The molecule has 28 heavy (non-hydrogen) atoms. The number of nitrogens with one attached hydrogen (secondary N) is 1. The summed E-state index contributed by atoms with van der Waals surface area (Å²) in [7, 11) is 1.56. The summed E-state index contributed by atoms with van der Waals surface area (Å²) in [6.45, 7) is 0. The fourth-order valence-corrected chi connectivity index (χ4v) is 3.95. The zero-order valence-corrected chi connectivity index (χ0v) is 16.1. The number of carbonyl (C=O) groups excluding carboxylic acids is 1. The lowest BCUT2D eigenvalue weighted by atomic mass is 10.1. The van der Waals surface area contributed by atoms with Gasteiger partial charge in [0.1, 0.15) is 28.3 Å². The van der Waals surface area contributed by atoms with Crippen LogP contribution in [0.15, 0.2) is 57.9 Å². The number of amides is 1. The number of anilines is 1. The molecule has 5 nitrogen and oxygen atoms in total. The Hall–Kier alpha value is -3.02. The molecule has 1 aromatic heterocycles. The molecule has 1 aliphatic rings. The van der Waals surface area contributed by atoms with Gasteiger partial charge in [0.05, 0.1) is 17.8 Å². The maximum atomic E-state index is 12.5. The van der Waals surface area contributed by atoms with Crippen LogP contribution in [0.3, 0.4) is 0 Å². The van der Waals surface area contributed by atoms with E-state index in [-0.39, 0.29) is 11.6 Å². The summed E-state index contributed by atoms with van der Waals surface area (Å²) in [4.78, 5) is 17.1. The Bertz CT molecular complexity index is 1320. The van der Waals surface area contributed by atoms with Crippen LogP contribution in [0.5, 0.6) is 5.75 Å². The standard InChI is InChI=1S/C21H12Cl2N2O3/c1-27-18-8-12-11-4-2-3-5-16(11)28-17(12)9-15(18)24-20-13-6-10(22)7-14(23)19(13)25-21(20)26/h2-9H,1H3,(H,24,25,26). The van der Waals surface area contributed by atoms with Crippen molar-refractivity contribution in [2.24, 2.45) is 4.99 Å². The molecule has 0 unspecified atom stereocenters. The highest BCUT2D eigenvalue weighted by molar-refractivity contribution is 6.56. The highest BCUT2D eigenvalue weighted by Crippen LogP contribution is 2.40. The number of nitrogens with zero attached hydrogens (tertiary/aromatic N) is 1. The number of benzene rings is 3. The average Bonchev–Trinajstić information content (AvgIpc) is 3.19. The van der Waals surface area contributed by atoms with Crippen molar-refractivity contribution in [2.45, 2.75) is 0 Å². The number of hydrogen-bond acceptors (Lipinski definition) is 4. The van der Waals surface area contributed by atoms with Crippen LogP contribution in [-0.4, -0.2) is 18.7 Å². The Morgan fingerprint density at radius 3 is 2.68 bits per heavy atom. The van der Waals surface area contributed by atoms with E-state index in [1.807, 2.05) is 30.3 Å². The zero-order valence-electron chi connectivity index (χ0n) is 14.5. The predicted octanol–water partition coefficient (Wildman–Crippen LogP) is 5.97. The van der Waals surface area contributed by atoms with Gasteiger partial charge in [-0.25, -0.2) is 4.99 Å². The summed E-state index contributed by atoms with van der Waals surface area (Å²) in [5.74, 6) is 0.173. The number of carbonyl (C=O) groups is 1. The lowest BCUT2D eigenvalue weighted by molar-refractivity contribution is -0.110. The van der Waals surface area contributed by atoms with Gasteiger partial charge in [-0.3, -0.25) is 4.79 Å². The molecule has 0 aliphatic carbocycles. The normalized spacial score (nSPS) is 14.7. The predicted molar refractivity (Wildman–Crippen MR) is 112 cm³/mol. The van der Waals surface area contributed by atoms with Crippen LogP contribution in [0.1, 0.15) is 5.56 Å². The number of fused-ring (bicyclic) bond motifs is 4. The average molecular weight is 411 g/mol. The van der Waals surface area contributed by atoms with Crippen molar-refractivity contribution < 1.29 is 13.9 Å². The number of rotatable bonds is 2. The van der Waals surface area contributed by atoms with Crippen LogP contribution in [0.2, 0.25) is 10.0 Å². The van der Waals surface area contributed by atoms with Gasteiger partial charge in [-0.1, -0.05) is 41.4 Å². The van der Waals surface area contributed by atoms with Crippen LogP contribution >= 0.6 is 23.2 Å². The number of para-hydroxylation sites is 1. The van der Waals surface area contributed by atoms with E-state index in [0.717, 1.165) is 16.4 Å². The summed E-state index contributed by atoms with van der Waals surface area (Å²) >= 11 is 12.3. The van der Waals surface area contributed by atoms with Crippen molar-refractivity contribution in [1.29, 1.82) is 0 Å². The maximum Gasteiger partial charge on any atom is 0.275 e. The monoisotopic (exact) mass is 410 g/mol. The van der Waals surface area contributed by atoms with Crippen molar-refractivity contribution in [3.8, 4) is 5.75 Å². The van der Waals surface area contributed by atoms with Crippen molar-refractivity contribution in [3.63, 3.8) is 0 Å². The lowest BCUT2D eigenvalue weighted by Crippen LogP contribution is -2.14. The van der Waals surface area contributed by atoms with Crippen molar-refractivity contribution in [2.75, 3.05) is 12.4 Å². The smallest absolute Gasteiger partial charge is 0.275 e. The van der Waals surface area contributed by atoms with Gasteiger partial charge in [0.15, 0.2) is 0 Å². The first kappa shape index (κ1) is 17.1. The van der Waals surface area contributed by atoms with Gasteiger partial charge >= 0.3 is 0 Å². The molecule has 0 saturated heterocycles. The molecule has 1 aliphatic heterocycles. The second kappa shape index (κ2) is 6.26. The zero-order chi connectivity index (χ0) is 19.4. The quantitative estimate of drug-likeness (QED) is 0.442. The summed E-state index contributed by atoms with van der Waals surface area (Å²) in [5.41, 5.74) is 3.17. The number of ether oxygens (including phenoxy) is 1. The van der Waals surface area contributed by atoms with Crippen LogP contribution in [0, 0.1) is 0 Å². The number of aliphatic imine (C=N–C) groups is 1. The van der Waals surface area contributed by atoms with Crippen LogP contribution in [0.25, 0.3) is 21.9 Å². The number of methoxy groups -OCH3 is 1. The molecule has 1 N–H and O–H groups in total. The minimum absolute atomic E-state index is 0.216. The molecule has 5 rings (SSSR count). The van der Waals surface area contributed by atoms with E-state index in [4.69, 9.17) is 32.4 Å². The van der Waals surface area contributed by atoms with Gasteiger partial charge < -0.3 is 14.5 Å². The highest BCUT2D eigenvalue weighted by atomic mass is 35.5. The molecule has 2 heterocycles. The minimum Gasteiger partial charge on any atom is -0.494 e.